The zero-order valence-corrected chi connectivity index (χ0v) is 19.3. The van der Waals surface area contributed by atoms with Crippen LogP contribution in [0.25, 0.3) is 0 Å². The number of ether oxygens (including phenoxy) is 2. The number of carbonyl (C=O) groups is 2. The Bertz CT molecular complexity index is 929. The lowest BCUT2D eigenvalue weighted by molar-refractivity contribution is -0.116. The van der Waals surface area contributed by atoms with Crippen molar-refractivity contribution in [3.05, 3.63) is 58.6 Å². The van der Waals surface area contributed by atoms with Crippen molar-refractivity contribution in [3.63, 3.8) is 0 Å². The van der Waals surface area contributed by atoms with Gasteiger partial charge in [-0.3, -0.25) is 14.5 Å². The Hall–Kier alpha value is -2.61. The number of hydrogen-bond donors (Lipinski definition) is 2. The summed E-state index contributed by atoms with van der Waals surface area (Å²) >= 11 is 6.07. The molecule has 0 radical (unpaired) electrons. The molecule has 1 aliphatic rings. The van der Waals surface area contributed by atoms with Crippen LogP contribution in [0.4, 0.5) is 5.69 Å². The maximum absolute atomic E-state index is 12.7. The fraction of sp³-hybridized carbons (Fsp3) is 0.417. The van der Waals surface area contributed by atoms with Crippen LogP contribution in [0.15, 0.2) is 42.5 Å². The molecule has 7 nitrogen and oxygen atoms in total. The monoisotopic (exact) mass is 459 g/mol. The van der Waals surface area contributed by atoms with Crippen molar-refractivity contribution in [1.29, 1.82) is 0 Å². The molecule has 1 saturated heterocycles. The van der Waals surface area contributed by atoms with E-state index < -0.39 is 0 Å². The molecule has 3 rings (SSSR count). The SMILES string of the molecule is CC(C)Oc1ccc(Cl)cc1C(=O)NCc1cccc(NC(=O)CCN2CCOCC2)c1. The summed E-state index contributed by atoms with van der Waals surface area (Å²) in [6.07, 6.45) is 0.361. The lowest BCUT2D eigenvalue weighted by Gasteiger charge is -2.26. The fourth-order valence-electron chi connectivity index (χ4n) is 3.38. The molecule has 1 fully saturated rings. The molecular formula is C24H30ClN3O4. The van der Waals surface area contributed by atoms with E-state index >= 15 is 0 Å². The third-order valence-corrected chi connectivity index (χ3v) is 5.21. The van der Waals surface area contributed by atoms with Crippen molar-refractivity contribution < 1.29 is 19.1 Å². The van der Waals surface area contributed by atoms with E-state index in [0.717, 1.165) is 31.9 Å². The summed E-state index contributed by atoms with van der Waals surface area (Å²) in [6, 6.07) is 12.4. The number of morpholine rings is 1. The van der Waals surface area contributed by atoms with Crippen molar-refractivity contribution in [2.75, 3.05) is 38.2 Å². The smallest absolute Gasteiger partial charge is 0.255 e. The van der Waals surface area contributed by atoms with Gasteiger partial charge in [0.25, 0.3) is 5.91 Å². The highest BCUT2D eigenvalue weighted by Gasteiger charge is 2.15. The average molecular weight is 460 g/mol. The number of anilines is 1. The number of nitrogens with one attached hydrogen (secondary N) is 2. The Morgan fingerprint density at radius 1 is 1.16 bits per heavy atom. The quantitative estimate of drug-likeness (QED) is 0.597. The maximum atomic E-state index is 12.7. The molecule has 2 aromatic rings. The number of carbonyl (C=O) groups excluding carboxylic acids is 2. The van der Waals surface area contributed by atoms with Crippen LogP contribution >= 0.6 is 11.6 Å². The van der Waals surface area contributed by atoms with Crippen LogP contribution in [0, 0.1) is 0 Å². The van der Waals surface area contributed by atoms with Gasteiger partial charge in [-0.05, 0) is 49.7 Å². The molecule has 32 heavy (non-hydrogen) atoms. The van der Waals surface area contributed by atoms with Crippen molar-refractivity contribution in [3.8, 4) is 5.75 Å². The first-order valence-corrected chi connectivity index (χ1v) is 11.2. The predicted molar refractivity (Wildman–Crippen MR) is 125 cm³/mol. The van der Waals surface area contributed by atoms with Crippen molar-refractivity contribution in [1.82, 2.24) is 10.2 Å². The maximum Gasteiger partial charge on any atom is 0.255 e. The summed E-state index contributed by atoms with van der Waals surface area (Å²) in [5.74, 6) is 0.179. The van der Waals surface area contributed by atoms with Gasteiger partial charge in [0, 0.05) is 43.3 Å². The first kappa shape index (κ1) is 24.0. The van der Waals surface area contributed by atoms with Crippen LogP contribution in [0.5, 0.6) is 5.75 Å². The number of hydrogen-bond acceptors (Lipinski definition) is 5. The number of rotatable bonds is 9. The standard InChI is InChI=1S/C24H30ClN3O4/c1-17(2)32-22-7-6-19(25)15-21(22)24(30)26-16-18-4-3-5-20(14-18)27-23(29)8-9-28-10-12-31-13-11-28/h3-7,14-15,17H,8-13,16H2,1-2H3,(H,26,30)(H,27,29). The van der Waals surface area contributed by atoms with Gasteiger partial charge >= 0.3 is 0 Å². The molecule has 1 heterocycles. The molecule has 172 valence electrons. The molecular weight excluding hydrogens is 430 g/mol. The molecule has 8 heteroatoms. The Morgan fingerprint density at radius 3 is 2.69 bits per heavy atom. The van der Waals surface area contributed by atoms with Gasteiger partial charge < -0.3 is 20.1 Å². The Morgan fingerprint density at radius 2 is 1.94 bits per heavy atom. The second kappa shape index (κ2) is 11.9. The minimum atomic E-state index is -0.275. The van der Waals surface area contributed by atoms with Crippen LogP contribution in [-0.4, -0.2) is 55.7 Å². The van der Waals surface area contributed by atoms with Crippen LogP contribution in [0.1, 0.15) is 36.2 Å². The minimum absolute atomic E-state index is 0.0351. The fourth-order valence-corrected chi connectivity index (χ4v) is 3.55. The zero-order valence-electron chi connectivity index (χ0n) is 18.5. The summed E-state index contributed by atoms with van der Waals surface area (Å²) in [7, 11) is 0. The van der Waals surface area contributed by atoms with Crippen LogP contribution < -0.4 is 15.4 Å². The summed E-state index contributed by atoms with van der Waals surface area (Å²) in [5, 5.41) is 6.29. The topological polar surface area (TPSA) is 79.9 Å². The highest BCUT2D eigenvalue weighted by Crippen LogP contribution is 2.24. The molecule has 2 aromatic carbocycles. The van der Waals surface area contributed by atoms with E-state index in [1.165, 1.54) is 0 Å². The first-order chi connectivity index (χ1) is 15.4. The molecule has 1 aliphatic heterocycles. The van der Waals surface area contributed by atoms with Gasteiger partial charge in [-0.2, -0.15) is 0 Å². The predicted octanol–water partition coefficient (Wildman–Crippen LogP) is 3.72. The van der Waals surface area contributed by atoms with Crippen LogP contribution in [-0.2, 0) is 16.1 Å². The number of halogens is 1. The summed E-state index contributed by atoms with van der Waals surface area (Å²) in [6.45, 7) is 7.98. The van der Waals surface area contributed by atoms with E-state index in [9.17, 15) is 9.59 Å². The normalized spacial score (nSPS) is 14.2. The highest BCUT2D eigenvalue weighted by molar-refractivity contribution is 6.31. The third-order valence-electron chi connectivity index (χ3n) is 4.97. The number of amides is 2. The van der Waals surface area contributed by atoms with Gasteiger partial charge in [0.1, 0.15) is 5.75 Å². The lowest BCUT2D eigenvalue weighted by Crippen LogP contribution is -2.38. The minimum Gasteiger partial charge on any atom is -0.490 e. The second-order valence-corrected chi connectivity index (χ2v) is 8.38. The van der Waals surface area contributed by atoms with Crippen molar-refractivity contribution in [2.24, 2.45) is 0 Å². The third kappa shape index (κ3) is 7.51. The largest absolute Gasteiger partial charge is 0.490 e. The number of benzene rings is 2. The van der Waals surface area contributed by atoms with E-state index in [4.69, 9.17) is 21.1 Å². The molecule has 0 bridgehead atoms. The van der Waals surface area contributed by atoms with Gasteiger partial charge in [0.05, 0.1) is 24.9 Å². The van der Waals surface area contributed by atoms with Gasteiger partial charge in [-0.15, -0.1) is 0 Å². The molecule has 0 saturated carbocycles. The number of nitrogens with zero attached hydrogens (tertiary/aromatic N) is 1. The molecule has 0 atom stereocenters. The van der Waals surface area contributed by atoms with E-state index in [-0.39, 0.29) is 17.9 Å². The molecule has 2 amide bonds. The van der Waals surface area contributed by atoms with E-state index in [2.05, 4.69) is 15.5 Å². The van der Waals surface area contributed by atoms with Gasteiger partial charge in [0.15, 0.2) is 0 Å². The van der Waals surface area contributed by atoms with E-state index in [1.54, 1.807) is 18.2 Å². The average Bonchev–Trinajstić information content (AvgIpc) is 2.78. The summed E-state index contributed by atoms with van der Waals surface area (Å²) < 4.78 is 11.1. The summed E-state index contributed by atoms with van der Waals surface area (Å²) in [4.78, 5) is 27.3. The van der Waals surface area contributed by atoms with Crippen LogP contribution in [0.3, 0.4) is 0 Å². The first-order valence-electron chi connectivity index (χ1n) is 10.8. The van der Waals surface area contributed by atoms with Gasteiger partial charge in [0.2, 0.25) is 5.91 Å². The Labute approximate surface area is 194 Å². The van der Waals surface area contributed by atoms with Crippen LogP contribution in [0.2, 0.25) is 5.02 Å². The van der Waals surface area contributed by atoms with Gasteiger partial charge in [-0.25, -0.2) is 0 Å². The molecule has 0 unspecified atom stereocenters. The highest BCUT2D eigenvalue weighted by atomic mass is 35.5. The Kier molecular flexibility index (Phi) is 8.90. The molecule has 2 N–H and O–H groups in total. The van der Waals surface area contributed by atoms with Crippen molar-refractivity contribution in [2.45, 2.75) is 32.9 Å². The zero-order chi connectivity index (χ0) is 22.9. The van der Waals surface area contributed by atoms with E-state index in [0.29, 0.717) is 41.5 Å². The summed E-state index contributed by atoms with van der Waals surface area (Å²) in [5.41, 5.74) is 1.96. The molecule has 0 spiro atoms. The van der Waals surface area contributed by atoms with E-state index in [1.807, 2.05) is 38.1 Å². The Balaban J connectivity index is 1.54. The molecule has 0 aliphatic carbocycles. The second-order valence-electron chi connectivity index (χ2n) is 7.94. The van der Waals surface area contributed by atoms with Crippen molar-refractivity contribution >= 4 is 29.1 Å². The lowest BCUT2D eigenvalue weighted by atomic mass is 10.1. The molecule has 0 aromatic heterocycles. The van der Waals surface area contributed by atoms with Gasteiger partial charge in [-0.1, -0.05) is 23.7 Å².